The predicted octanol–water partition coefficient (Wildman–Crippen LogP) is 0.143. The van der Waals surface area contributed by atoms with Crippen molar-refractivity contribution in [3.63, 3.8) is 0 Å². The third kappa shape index (κ3) is 3.45. The molecule has 2 aromatic rings. The molecule has 0 amide bonds. The Morgan fingerprint density at radius 3 is 2.84 bits per heavy atom. The van der Waals surface area contributed by atoms with Gasteiger partial charge in [0.25, 0.3) is 0 Å². The van der Waals surface area contributed by atoms with Gasteiger partial charge in [-0.15, -0.1) is 0 Å². The van der Waals surface area contributed by atoms with Gasteiger partial charge in [-0.2, -0.15) is 4.98 Å². The SMILES string of the molecule is CCCCC#Cc1cc2cn([C@@H]3O[C@H](CO)[C@@H](O)[C@H]3O)c(=O)nc2o1. The first-order chi connectivity index (χ1) is 12.0. The third-order valence-corrected chi connectivity index (χ3v) is 4.09. The van der Waals surface area contributed by atoms with Crippen LogP contribution in [0.1, 0.15) is 38.2 Å². The molecule has 8 nitrogen and oxygen atoms in total. The molecular formula is C17H20N2O6. The maximum Gasteiger partial charge on any atom is 0.353 e. The Hall–Kier alpha value is -2.18. The smallest absolute Gasteiger partial charge is 0.353 e. The molecule has 8 heteroatoms. The number of hydrogen-bond donors (Lipinski definition) is 3. The minimum Gasteiger partial charge on any atom is -0.429 e. The van der Waals surface area contributed by atoms with E-state index in [-0.39, 0.29) is 5.71 Å². The summed E-state index contributed by atoms with van der Waals surface area (Å²) in [6.07, 6.45) is -0.488. The third-order valence-electron chi connectivity index (χ3n) is 4.09. The molecule has 134 valence electrons. The summed E-state index contributed by atoms with van der Waals surface area (Å²) >= 11 is 0. The molecule has 0 radical (unpaired) electrons. The molecule has 0 spiro atoms. The van der Waals surface area contributed by atoms with E-state index in [1.54, 1.807) is 6.07 Å². The van der Waals surface area contributed by atoms with Crippen molar-refractivity contribution in [2.75, 3.05) is 6.61 Å². The van der Waals surface area contributed by atoms with E-state index in [1.165, 1.54) is 6.20 Å². The van der Waals surface area contributed by atoms with Crippen LogP contribution < -0.4 is 5.69 Å². The van der Waals surface area contributed by atoms with Crippen molar-refractivity contribution >= 4 is 11.1 Å². The van der Waals surface area contributed by atoms with Gasteiger partial charge in [0.05, 0.1) is 12.0 Å². The zero-order chi connectivity index (χ0) is 18.0. The van der Waals surface area contributed by atoms with Crippen LogP contribution in [0.5, 0.6) is 0 Å². The summed E-state index contributed by atoms with van der Waals surface area (Å²) < 4.78 is 11.9. The number of aliphatic hydroxyl groups is 3. The number of fused-ring (bicyclic) bond motifs is 1. The van der Waals surface area contributed by atoms with Crippen molar-refractivity contribution in [3.05, 3.63) is 28.5 Å². The van der Waals surface area contributed by atoms with Crippen LogP contribution in [0, 0.1) is 11.8 Å². The Morgan fingerprint density at radius 2 is 2.16 bits per heavy atom. The molecule has 1 aliphatic rings. The Kier molecular flexibility index (Phi) is 5.20. The molecule has 3 heterocycles. The minimum absolute atomic E-state index is 0.146. The zero-order valence-electron chi connectivity index (χ0n) is 13.8. The minimum atomic E-state index is -1.35. The van der Waals surface area contributed by atoms with Gasteiger partial charge in [0, 0.05) is 18.7 Å². The number of hydrogen-bond acceptors (Lipinski definition) is 7. The second-order valence-corrected chi connectivity index (χ2v) is 5.94. The molecule has 0 saturated carbocycles. The molecule has 0 aliphatic carbocycles. The lowest BCUT2D eigenvalue weighted by Gasteiger charge is -2.16. The van der Waals surface area contributed by atoms with E-state index >= 15 is 0 Å². The number of nitrogens with zero attached hydrogens (tertiary/aromatic N) is 2. The molecule has 1 fully saturated rings. The second-order valence-electron chi connectivity index (χ2n) is 5.94. The molecule has 0 bridgehead atoms. The van der Waals surface area contributed by atoms with Crippen LogP contribution in [0.15, 0.2) is 21.5 Å². The van der Waals surface area contributed by atoms with Gasteiger partial charge in [-0.05, 0) is 12.3 Å². The second kappa shape index (κ2) is 7.37. The number of ether oxygens (including phenoxy) is 1. The summed E-state index contributed by atoms with van der Waals surface area (Å²) in [5.41, 5.74) is -0.546. The number of unbranched alkanes of at least 4 members (excludes halogenated alkanes) is 2. The van der Waals surface area contributed by atoms with Crippen molar-refractivity contribution in [1.82, 2.24) is 9.55 Å². The van der Waals surface area contributed by atoms with Crippen LogP contribution in [0.4, 0.5) is 0 Å². The molecule has 4 atom stereocenters. The van der Waals surface area contributed by atoms with Crippen molar-refractivity contribution in [2.24, 2.45) is 0 Å². The Morgan fingerprint density at radius 1 is 1.36 bits per heavy atom. The lowest BCUT2D eigenvalue weighted by atomic mass is 10.1. The van der Waals surface area contributed by atoms with Gasteiger partial charge in [-0.3, -0.25) is 4.57 Å². The fraction of sp³-hybridized carbons (Fsp3) is 0.529. The summed E-state index contributed by atoms with van der Waals surface area (Å²) in [4.78, 5) is 16.0. The number of rotatable bonds is 4. The molecule has 0 unspecified atom stereocenters. The van der Waals surface area contributed by atoms with Crippen molar-refractivity contribution in [2.45, 2.75) is 50.7 Å². The average molecular weight is 348 g/mol. The van der Waals surface area contributed by atoms with Crippen LogP contribution in [-0.2, 0) is 4.74 Å². The number of aromatic nitrogens is 2. The molecule has 3 N–H and O–H groups in total. The van der Waals surface area contributed by atoms with Crippen molar-refractivity contribution < 1.29 is 24.5 Å². The van der Waals surface area contributed by atoms with Crippen LogP contribution in [0.2, 0.25) is 0 Å². The molecule has 1 aliphatic heterocycles. The predicted molar refractivity (Wildman–Crippen MR) is 87.7 cm³/mol. The average Bonchev–Trinajstić information content (AvgIpc) is 3.12. The van der Waals surface area contributed by atoms with Crippen molar-refractivity contribution in [3.8, 4) is 11.8 Å². The summed E-state index contributed by atoms with van der Waals surface area (Å²) in [5.74, 6) is 6.28. The van der Waals surface area contributed by atoms with E-state index in [0.29, 0.717) is 11.1 Å². The molecule has 3 rings (SSSR count). The monoisotopic (exact) mass is 348 g/mol. The number of aliphatic hydroxyl groups excluding tert-OH is 3. The molecular weight excluding hydrogens is 328 g/mol. The Labute approximate surface area is 143 Å². The van der Waals surface area contributed by atoms with E-state index in [0.717, 1.165) is 23.8 Å². The van der Waals surface area contributed by atoms with Crippen LogP contribution in [0.3, 0.4) is 0 Å². The fourth-order valence-electron chi connectivity index (χ4n) is 2.69. The van der Waals surface area contributed by atoms with Gasteiger partial charge < -0.3 is 24.5 Å². The molecule has 2 aromatic heterocycles. The highest BCUT2D eigenvalue weighted by Crippen LogP contribution is 2.29. The molecule has 1 saturated heterocycles. The largest absolute Gasteiger partial charge is 0.429 e. The first-order valence-corrected chi connectivity index (χ1v) is 8.19. The van der Waals surface area contributed by atoms with Gasteiger partial charge in [0.1, 0.15) is 18.3 Å². The zero-order valence-corrected chi connectivity index (χ0v) is 13.8. The highest BCUT2D eigenvalue weighted by Gasteiger charge is 2.43. The molecule has 25 heavy (non-hydrogen) atoms. The van der Waals surface area contributed by atoms with E-state index in [2.05, 4.69) is 23.7 Å². The highest BCUT2D eigenvalue weighted by molar-refractivity contribution is 5.73. The first-order valence-electron chi connectivity index (χ1n) is 8.19. The fourth-order valence-corrected chi connectivity index (χ4v) is 2.69. The van der Waals surface area contributed by atoms with Gasteiger partial charge in [-0.1, -0.05) is 19.3 Å². The standard InChI is InChI=1S/C17H20N2O6/c1-2-3-4-5-6-11-7-10-8-19(17(23)18-15(10)24-11)16-14(22)13(21)12(9-20)25-16/h7-8,12-14,16,20-22H,2-4,9H2,1H3/t12-,13-,14-,16-/m1/s1. The van der Waals surface area contributed by atoms with E-state index in [9.17, 15) is 15.0 Å². The van der Waals surface area contributed by atoms with Crippen LogP contribution in [-0.4, -0.2) is 49.8 Å². The van der Waals surface area contributed by atoms with E-state index in [1.807, 2.05) is 0 Å². The van der Waals surface area contributed by atoms with Gasteiger partial charge in [0.2, 0.25) is 5.71 Å². The summed E-state index contributed by atoms with van der Waals surface area (Å²) in [7, 11) is 0. The quantitative estimate of drug-likeness (QED) is 0.531. The maximum atomic E-state index is 12.2. The summed E-state index contributed by atoms with van der Waals surface area (Å²) in [5, 5.41) is 29.6. The number of furan rings is 1. The maximum absolute atomic E-state index is 12.2. The van der Waals surface area contributed by atoms with E-state index < -0.39 is 36.8 Å². The summed E-state index contributed by atoms with van der Waals surface area (Å²) in [6, 6.07) is 1.65. The normalized spacial score (nSPS) is 25.9. The van der Waals surface area contributed by atoms with Gasteiger partial charge in [0.15, 0.2) is 12.0 Å². The van der Waals surface area contributed by atoms with Gasteiger partial charge in [-0.25, -0.2) is 4.79 Å². The lowest BCUT2D eigenvalue weighted by Crippen LogP contribution is -2.35. The first kappa shape index (κ1) is 17.6. The Balaban J connectivity index is 1.91. The van der Waals surface area contributed by atoms with Crippen LogP contribution >= 0.6 is 0 Å². The Bertz CT molecular complexity index is 861. The molecule has 0 aromatic carbocycles. The highest BCUT2D eigenvalue weighted by atomic mass is 16.6. The van der Waals surface area contributed by atoms with Crippen molar-refractivity contribution in [1.29, 1.82) is 0 Å². The van der Waals surface area contributed by atoms with E-state index in [4.69, 9.17) is 14.3 Å². The lowest BCUT2D eigenvalue weighted by molar-refractivity contribution is -0.0547. The van der Waals surface area contributed by atoms with Crippen LogP contribution in [0.25, 0.3) is 11.1 Å². The van der Waals surface area contributed by atoms with Gasteiger partial charge >= 0.3 is 5.69 Å². The summed E-state index contributed by atoms with van der Waals surface area (Å²) in [6.45, 7) is 1.61. The topological polar surface area (TPSA) is 118 Å².